The number of nitrogens with zero attached hydrogens (tertiary/aromatic N) is 5. The molecule has 50 heteroatoms. The number of amides is 9. The van der Waals surface area contributed by atoms with Crippen LogP contribution < -0.4 is 83.1 Å². The number of aromatic nitrogens is 6. The van der Waals surface area contributed by atoms with E-state index in [0.717, 1.165) is 61.9 Å². The van der Waals surface area contributed by atoms with Crippen molar-refractivity contribution in [2.75, 3.05) is 45.1 Å². The van der Waals surface area contributed by atoms with Crippen LogP contribution in [-0.2, 0) is 61.9 Å². The first kappa shape index (κ1) is 93.7. The Bertz CT molecular complexity index is 3880. The number of nitrogens with two attached hydrogens (primary N) is 8. The Morgan fingerprint density at radius 1 is 0.696 bits per heavy atom. The smallest absolute Gasteiger partial charge is 0.404 e. The summed E-state index contributed by atoms with van der Waals surface area (Å²) in [6, 6.07) is -10.2. The van der Waals surface area contributed by atoms with Crippen molar-refractivity contribution in [3.8, 4) is 10.7 Å². The Hall–Kier alpha value is -8.50. The molecule has 3 unspecified atom stereocenters. The highest BCUT2D eigenvalue weighted by Crippen LogP contribution is 2.36. The number of hydrogen-bond donors (Lipinski definition) is 27. The summed E-state index contributed by atoms with van der Waals surface area (Å²) in [6.45, 7) is 3.61. The lowest BCUT2D eigenvalue weighted by atomic mass is 9.97. The Labute approximate surface area is 663 Å². The van der Waals surface area contributed by atoms with Gasteiger partial charge >= 0.3 is 6.09 Å². The van der Waals surface area contributed by atoms with E-state index in [1.807, 2.05) is 0 Å². The lowest BCUT2D eigenvalue weighted by molar-refractivity contribution is -0.372. The molecule has 7 heterocycles. The second kappa shape index (κ2) is 43.6. The second-order valence-electron chi connectivity index (χ2n) is 27.5. The minimum absolute atomic E-state index is 0.00832. The minimum Gasteiger partial charge on any atom is -0.441 e. The maximum atomic E-state index is 15.3. The third kappa shape index (κ3) is 25.5. The maximum absolute atomic E-state index is 15.3. The number of aliphatic hydroxyl groups excluding tert-OH is 11. The fraction of sp³-hybridized carbons (Fsp3) is 0.662. The molecule has 9 amide bonds. The fourth-order valence-electron chi connectivity index (χ4n) is 11.9. The standard InChI is InChI=1S/C65H103N21O27S2/c1-22-39(83-54(85-52(22)71)28(13-35(69)91)77-15-27(68)53(72)101)56(103)84-41(49(29-16-74-21-78-29)110-64-51(45(97)42(94)33(17-87)109-64)111-63-47(99)50(112-65(73)106)43(95)34(18-88)108-63)58(105)79-23(2)32(90)14-37(93)82-40(24(3)89)57(104)86-59(113-62-46(98)44(96)38(70)25(4)107-62)48(100)61-81-31(20-115-61)60-80-30(19-114-60)55(102)76-11-7-8-26(67)12-36(92)75-10-6-5-9-66/h16,19-21,23-28,32-34,38,40-51,59,62-64,77,87-90,94-100H,5-15,17-18,66-68,70H2,1-4H3,(H2,69,91)(H2,72,101)(H2,73,106)(H,74,78)(H,75,92)(H,76,102)(H,79,105)(H,82,93)(H,84,103)(H,86,104)(H2,71,83,85)/t23-,24-,25+,26?,27+,28+,32+,33+,34-,38-,40+,41+,42-,43-,44-,45+,46-,47+,48?,49+,50+,51+,59?,62+,63-,64+/m1/s1. The van der Waals surface area contributed by atoms with E-state index in [2.05, 4.69) is 67.1 Å². The van der Waals surface area contributed by atoms with Crippen LogP contribution in [0.15, 0.2) is 23.3 Å². The van der Waals surface area contributed by atoms with Crippen molar-refractivity contribution in [3.05, 3.63) is 56.8 Å². The van der Waals surface area contributed by atoms with Crippen LogP contribution in [0.3, 0.4) is 0 Å². The lowest BCUT2D eigenvalue weighted by Gasteiger charge is -2.47. The topological polar surface area (TPSA) is 813 Å². The second-order valence-corrected chi connectivity index (χ2v) is 29.2. The number of imidazole rings is 1. The van der Waals surface area contributed by atoms with Crippen molar-refractivity contribution in [1.82, 2.24) is 67.1 Å². The zero-order chi connectivity index (χ0) is 85.0. The van der Waals surface area contributed by atoms with E-state index in [4.69, 9.17) is 79.0 Å². The van der Waals surface area contributed by atoms with Gasteiger partial charge in [0, 0.05) is 54.8 Å². The van der Waals surface area contributed by atoms with Gasteiger partial charge in [0.05, 0.1) is 80.3 Å². The summed E-state index contributed by atoms with van der Waals surface area (Å²) in [5.41, 5.74) is 45.0. The highest BCUT2D eigenvalue weighted by atomic mass is 32.1. The summed E-state index contributed by atoms with van der Waals surface area (Å²) in [4.78, 5) is 145. The number of nitrogens with one attached hydrogen (secondary N) is 8. The summed E-state index contributed by atoms with van der Waals surface area (Å²) in [5.74, 6) is -8.65. The number of aromatic amines is 1. The van der Waals surface area contributed by atoms with Gasteiger partial charge in [-0.3, -0.25) is 38.4 Å². The number of primary amides is 3. The number of hydrogen-bond acceptors (Lipinski definition) is 40. The van der Waals surface area contributed by atoms with Gasteiger partial charge in [-0.15, -0.1) is 22.7 Å². The van der Waals surface area contributed by atoms with Gasteiger partial charge < -0.3 is 177 Å². The van der Waals surface area contributed by atoms with E-state index in [0.29, 0.717) is 25.9 Å². The molecule has 4 aromatic heterocycles. The molecule has 0 aromatic carbocycles. The molecule has 115 heavy (non-hydrogen) atoms. The summed E-state index contributed by atoms with van der Waals surface area (Å²) < 4.78 is 40.4. The first-order valence-electron chi connectivity index (χ1n) is 36.2. The van der Waals surface area contributed by atoms with Gasteiger partial charge in [-0.2, -0.15) is 0 Å². The normalized spacial score (nSPS) is 26.5. The third-order valence-corrected chi connectivity index (χ3v) is 20.4. The molecule has 26 atom stereocenters. The van der Waals surface area contributed by atoms with Gasteiger partial charge in [-0.25, -0.2) is 29.7 Å². The summed E-state index contributed by atoms with van der Waals surface area (Å²) in [5, 5.41) is 143. The maximum Gasteiger partial charge on any atom is 0.404 e. The van der Waals surface area contributed by atoms with Crippen LogP contribution in [0.5, 0.6) is 0 Å². The lowest BCUT2D eigenvalue weighted by Crippen LogP contribution is -2.65. The molecule has 48 nitrogen and oxygen atoms in total. The Morgan fingerprint density at radius 2 is 1.37 bits per heavy atom. The zero-order valence-corrected chi connectivity index (χ0v) is 64.3. The molecule has 0 spiro atoms. The fourth-order valence-corrected chi connectivity index (χ4v) is 13.5. The number of nitrogen functional groups attached to an aromatic ring is 1. The highest BCUT2D eigenvalue weighted by molar-refractivity contribution is 7.14. The van der Waals surface area contributed by atoms with E-state index in [1.54, 1.807) is 0 Å². The highest BCUT2D eigenvalue weighted by Gasteiger charge is 2.54. The van der Waals surface area contributed by atoms with E-state index in [-0.39, 0.29) is 51.5 Å². The monoisotopic (exact) mass is 1670 g/mol. The number of H-pyrrole nitrogens is 1. The molecular formula is C65H103N21O27S2. The molecule has 0 bridgehead atoms. The molecule has 3 aliphatic heterocycles. The van der Waals surface area contributed by atoms with Crippen molar-refractivity contribution in [3.63, 3.8) is 0 Å². The average molecular weight is 1670 g/mol. The number of unbranched alkanes of at least 4 members (excludes halogenated alkanes) is 1. The largest absolute Gasteiger partial charge is 0.441 e. The van der Waals surface area contributed by atoms with Crippen LogP contribution in [0, 0.1) is 6.92 Å². The molecule has 4 aromatic rings. The van der Waals surface area contributed by atoms with E-state index in [1.165, 1.54) is 24.6 Å². The number of thiazole rings is 2. The SMILES string of the molecule is Cc1c(N)nc([C@H](CC(N)=O)NC[C@H](N)C(N)=O)nc1C(=O)N[C@H](C(=O)N[C@H](C)[C@@H](O)CC(=O)N[C@H](C(=O)NC(O[C@@H]1O[C@@H](C)[C@@H](N)[C@@H](O)[C@H]1O)C(O)c1nc(-c2nc(C(=O)NCCCC(N)CC(=O)NCCCCN)cs2)cs1)[C@@H](C)O)[C@@H](O[C@@H]1O[C@@H](CO)[C@@H](O)[C@H](O)[C@@H]1O[C@H]1O[C@H](CO)[C@@H](O)[C@H](OC(N)=O)[C@@H]1O)c1cnc[nH]1. The molecular weight excluding hydrogens is 1570 g/mol. The number of carbonyl (C=O) groups excluding carboxylic acids is 9. The zero-order valence-electron chi connectivity index (χ0n) is 62.6. The predicted molar refractivity (Wildman–Crippen MR) is 394 cm³/mol. The van der Waals surface area contributed by atoms with Crippen LogP contribution in [0.4, 0.5) is 10.6 Å². The number of carbonyl (C=O) groups is 9. The Kier molecular flexibility index (Phi) is 35.5. The average Bonchev–Trinajstić information content (AvgIpc) is 1.60. The van der Waals surface area contributed by atoms with E-state index < -0.39 is 256 Å². The molecule has 3 aliphatic rings. The summed E-state index contributed by atoms with van der Waals surface area (Å²) in [7, 11) is 0. The number of anilines is 1. The first-order chi connectivity index (χ1) is 54.4. The van der Waals surface area contributed by atoms with Crippen molar-refractivity contribution in [2.45, 2.75) is 232 Å². The summed E-state index contributed by atoms with van der Waals surface area (Å²) >= 11 is 1.83. The third-order valence-electron chi connectivity index (χ3n) is 18.6. The van der Waals surface area contributed by atoms with Crippen LogP contribution >= 0.6 is 22.7 Å². The quantitative estimate of drug-likeness (QED) is 0.0145. The van der Waals surface area contributed by atoms with E-state index in [9.17, 15) is 89.7 Å². The molecule has 3 saturated heterocycles. The van der Waals surface area contributed by atoms with E-state index >= 15 is 9.59 Å². The van der Waals surface area contributed by atoms with Crippen LogP contribution in [0.1, 0.15) is 127 Å². The number of aliphatic hydroxyl groups is 11. The molecule has 0 aliphatic carbocycles. The van der Waals surface area contributed by atoms with Gasteiger partial charge in [-0.05, 0) is 59.9 Å². The van der Waals surface area contributed by atoms with Gasteiger partial charge in [-0.1, -0.05) is 0 Å². The number of rotatable bonds is 43. The molecule has 0 radical (unpaired) electrons. The minimum atomic E-state index is -2.27. The first-order valence-corrected chi connectivity index (χ1v) is 37.9. The van der Waals surface area contributed by atoms with Crippen LogP contribution in [0.2, 0.25) is 0 Å². The van der Waals surface area contributed by atoms with Crippen molar-refractivity contribution >= 4 is 81.8 Å². The van der Waals surface area contributed by atoms with Crippen LogP contribution in [-0.4, -0.2) is 320 Å². The molecule has 3 fully saturated rings. The van der Waals surface area contributed by atoms with Gasteiger partial charge in [0.1, 0.15) is 112 Å². The van der Waals surface area contributed by atoms with Crippen molar-refractivity contribution in [1.29, 1.82) is 0 Å². The van der Waals surface area contributed by atoms with Gasteiger partial charge in [0.25, 0.3) is 11.8 Å². The Morgan fingerprint density at radius 3 is 2.02 bits per heavy atom. The molecule has 7 rings (SSSR count). The predicted octanol–water partition coefficient (Wildman–Crippen LogP) is -11.2. The van der Waals surface area contributed by atoms with Gasteiger partial charge in [0.15, 0.2) is 37.3 Å². The van der Waals surface area contributed by atoms with Crippen molar-refractivity contribution < 1.29 is 132 Å². The molecule has 0 saturated carbocycles. The Balaban J connectivity index is 1.14. The molecule has 35 N–H and O–H groups in total. The van der Waals surface area contributed by atoms with Crippen LogP contribution in [0.25, 0.3) is 10.7 Å². The van der Waals surface area contributed by atoms with Gasteiger partial charge in [0.2, 0.25) is 35.4 Å². The van der Waals surface area contributed by atoms with Crippen molar-refractivity contribution in [2.24, 2.45) is 40.1 Å². The molecule has 642 valence electrons. The number of ether oxygens (including phenoxy) is 7. The summed E-state index contributed by atoms with van der Waals surface area (Å²) in [6.07, 6.45) is -35.6.